The van der Waals surface area contributed by atoms with E-state index in [0.29, 0.717) is 31.5 Å². The fraction of sp³-hybridized carbons (Fsp3) is 0.533. The molecule has 0 aliphatic carbocycles. The third-order valence-corrected chi connectivity index (χ3v) is 2.74. The molecule has 5 nitrogen and oxygen atoms in total. The van der Waals surface area contributed by atoms with Crippen LogP contribution in [-0.4, -0.2) is 38.0 Å². The van der Waals surface area contributed by atoms with Crippen LogP contribution >= 0.6 is 0 Å². The van der Waals surface area contributed by atoms with Gasteiger partial charge in [-0.2, -0.15) is 0 Å². The van der Waals surface area contributed by atoms with Crippen LogP contribution in [0.2, 0.25) is 0 Å². The summed E-state index contributed by atoms with van der Waals surface area (Å²) in [6.45, 7) is 5.66. The molecule has 0 saturated carbocycles. The van der Waals surface area contributed by atoms with Gasteiger partial charge in [-0.05, 0) is 24.5 Å². The van der Waals surface area contributed by atoms with Gasteiger partial charge in [0.05, 0.1) is 13.7 Å². The van der Waals surface area contributed by atoms with Gasteiger partial charge in [0.1, 0.15) is 12.2 Å². The Bertz CT molecular complexity index is 428. The fourth-order valence-electron chi connectivity index (χ4n) is 1.62. The van der Waals surface area contributed by atoms with Crippen LogP contribution in [0.3, 0.4) is 0 Å². The van der Waals surface area contributed by atoms with Gasteiger partial charge in [0.25, 0.3) is 0 Å². The van der Waals surface area contributed by atoms with Gasteiger partial charge in [-0.3, -0.25) is 0 Å². The molecule has 0 spiro atoms. The molecular weight excluding hydrogens is 260 g/mol. The van der Waals surface area contributed by atoms with Crippen LogP contribution in [0.5, 0.6) is 11.5 Å². The monoisotopic (exact) mass is 282 g/mol. The van der Waals surface area contributed by atoms with Gasteiger partial charge in [-0.1, -0.05) is 19.9 Å². The van der Waals surface area contributed by atoms with E-state index in [1.54, 1.807) is 12.1 Å². The molecule has 1 aromatic rings. The number of benzene rings is 1. The van der Waals surface area contributed by atoms with Crippen molar-refractivity contribution in [1.82, 2.24) is 0 Å². The second kappa shape index (κ2) is 8.43. The lowest BCUT2D eigenvalue weighted by Crippen LogP contribution is -2.11. The molecule has 0 heterocycles. The minimum absolute atomic E-state index is 0.0894. The molecule has 20 heavy (non-hydrogen) atoms. The highest BCUT2D eigenvalue weighted by Gasteiger charge is 2.15. The Balaban J connectivity index is 2.52. The van der Waals surface area contributed by atoms with Crippen molar-refractivity contribution in [2.45, 2.75) is 20.3 Å². The van der Waals surface area contributed by atoms with Crippen molar-refractivity contribution in [3.63, 3.8) is 0 Å². The van der Waals surface area contributed by atoms with E-state index in [-0.39, 0.29) is 11.3 Å². The zero-order valence-corrected chi connectivity index (χ0v) is 12.2. The zero-order chi connectivity index (χ0) is 15.0. The molecule has 1 N–H and O–H groups in total. The van der Waals surface area contributed by atoms with Crippen molar-refractivity contribution < 1.29 is 24.1 Å². The summed E-state index contributed by atoms with van der Waals surface area (Å²) in [5, 5.41) is 9.12. The van der Waals surface area contributed by atoms with E-state index in [1.807, 2.05) is 0 Å². The standard InChI is InChI=1S/C15H22O5/c1-11(2)7-8-19-9-10-20-14-12(15(16)17)5-4-6-13(14)18-3/h4-6,11H,7-10H2,1-3H3,(H,16,17). The first-order valence-corrected chi connectivity index (χ1v) is 6.67. The summed E-state index contributed by atoms with van der Waals surface area (Å²) in [7, 11) is 1.48. The summed E-state index contributed by atoms with van der Waals surface area (Å²) in [6, 6.07) is 4.77. The van der Waals surface area contributed by atoms with E-state index in [9.17, 15) is 4.79 Å². The first kappa shape index (κ1) is 16.3. The first-order valence-electron chi connectivity index (χ1n) is 6.67. The van der Waals surface area contributed by atoms with E-state index >= 15 is 0 Å². The maximum absolute atomic E-state index is 11.1. The molecule has 0 aromatic heterocycles. The summed E-state index contributed by atoms with van der Waals surface area (Å²) >= 11 is 0. The second-order valence-electron chi connectivity index (χ2n) is 4.79. The Kier molecular flexibility index (Phi) is 6.87. The third kappa shape index (κ3) is 5.09. The third-order valence-electron chi connectivity index (χ3n) is 2.74. The summed E-state index contributed by atoms with van der Waals surface area (Å²) < 4.78 is 16.0. The van der Waals surface area contributed by atoms with E-state index in [4.69, 9.17) is 19.3 Å². The summed E-state index contributed by atoms with van der Waals surface area (Å²) in [6.07, 6.45) is 0.995. The van der Waals surface area contributed by atoms with Crippen LogP contribution in [-0.2, 0) is 4.74 Å². The largest absolute Gasteiger partial charge is 0.493 e. The van der Waals surface area contributed by atoms with Crippen molar-refractivity contribution in [2.24, 2.45) is 5.92 Å². The van der Waals surface area contributed by atoms with Gasteiger partial charge in [-0.15, -0.1) is 0 Å². The highest BCUT2D eigenvalue weighted by Crippen LogP contribution is 2.30. The Labute approximate surface area is 119 Å². The van der Waals surface area contributed by atoms with Gasteiger partial charge in [0.2, 0.25) is 0 Å². The molecule has 0 unspecified atom stereocenters. The molecule has 1 aromatic carbocycles. The van der Waals surface area contributed by atoms with Gasteiger partial charge in [0.15, 0.2) is 11.5 Å². The second-order valence-corrected chi connectivity index (χ2v) is 4.79. The van der Waals surface area contributed by atoms with E-state index in [1.165, 1.54) is 13.2 Å². The molecule has 112 valence electrons. The van der Waals surface area contributed by atoms with Crippen LogP contribution in [0.1, 0.15) is 30.6 Å². The first-order chi connectivity index (χ1) is 9.56. The number of carboxylic acids is 1. The number of aromatic carboxylic acids is 1. The highest BCUT2D eigenvalue weighted by atomic mass is 16.5. The van der Waals surface area contributed by atoms with Crippen LogP contribution in [0.25, 0.3) is 0 Å². The fourth-order valence-corrected chi connectivity index (χ4v) is 1.62. The van der Waals surface area contributed by atoms with E-state index in [2.05, 4.69) is 13.8 Å². The molecule has 0 atom stereocenters. The minimum Gasteiger partial charge on any atom is -0.493 e. The molecule has 0 saturated heterocycles. The normalized spacial score (nSPS) is 10.6. The maximum atomic E-state index is 11.1. The molecule has 1 rings (SSSR count). The lowest BCUT2D eigenvalue weighted by atomic mass is 10.1. The molecule has 0 aliphatic rings. The number of ether oxygens (including phenoxy) is 3. The van der Waals surface area contributed by atoms with Crippen molar-refractivity contribution in [1.29, 1.82) is 0 Å². The molecule has 0 bridgehead atoms. The summed E-state index contributed by atoms with van der Waals surface area (Å²) in [4.78, 5) is 11.1. The Morgan fingerprint density at radius 2 is 2.00 bits per heavy atom. The van der Waals surface area contributed by atoms with Crippen LogP contribution in [0.15, 0.2) is 18.2 Å². The number of carbonyl (C=O) groups is 1. The molecule has 0 aliphatic heterocycles. The van der Waals surface area contributed by atoms with Crippen molar-refractivity contribution >= 4 is 5.97 Å². The summed E-state index contributed by atoms with van der Waals surface area (Å²) in [5.74, 6) is 0.213. The van der Waals surface area contributed by atoms with E-state index in [0.717, 1.165) is 6.42 Å². The number of rotatable bonds is 9. The van der Waals surface area contributed by atoms with Gasteiger partial charge >= 0.3 is 5.97 Å². The average Bonchev–Trinajstić information content (AvgIpc) is 2.41. The Morgan fingerprint density at radius 1 is 1.25 bits per heavy atom. The van der Waals surface area contributed by atoms with Gasteiger partial charge < -0.3 is 19.3 Å². The summed E-state index contributed by atoms with van der Waals surface area (Å²) in [5.41, 5.74) is 0.0894. The SMILES string of the molecule is COc1cccc(C(=O)O)c1OCCOCCC(C)C. The molecular formula is C15H22O5. The molecule has 0 radical (unpaired) electrons. The maximum Gasteiger partial charge on any atom is 0.339 e. The number of para-hydroxylation sites is 1. The van der Waals surface area contributed by atoms with Crippen molar-refractivity contribution in [3.05, 3.63) is 23.8 Å². The quantitative estimate of drug-likeness (QED) is 0.705. The highest BCUT2D eigenvalue weighted by molar-refractivity contribution is 5.92. The van der Waals surface area contributed by atoms with E-state index < -0.39 is 5.97 Å². The van der Waals surface area contributed by atoms with Crippen LogP contribution < -0.4 is 9.47 Å². The predicted molar refractivity (Wildman–Crippen MR) is 75.7 cm³/mol. The lowest BCUT2D eigenvalue weighted by Gasteiger charge is -2.13. The van der Waals surface area contributed by atoms with Gasteiger partial charge in [0, 0.05) is 6.61 Å². The number of hydrogen-bond acceptors (Lipinski definition) is 4. The average molecular weight is 282 g/mol. The van der Waals surface area contributed by atoms with Crippen LogP contribution in [0.4, 0.5) is 0 Å². The molecule has 0 fully saturated rings. The Morgan fingerprint density at radius 3 is 2.60 bits per heavy atom. The van der Waals surface area contributed by atoms with Crippen molar-refractivity contribution in [3.8, 4) is 11.5 Å². The number of methoxy groups -OCH3 is 1. The number of hydrogen-bond donors (Lipinski definition) is 1. The molecule has 0 amide bonds. The lowest BCUT2D eigenvalue weighted by molar-refractivity contribution is 0.0681. The smallest absolute Gasteiger partial charge is 0.339 e. The molecule has 5 heteroatoms. The van der Waals surface area contributed by atoms with Crippen molar-refractivity contribution in [2.75, 3.05) is 26.9 Å². The zero-order valence-electron chi connectivity index (χ0n) is 12.2. The minimum atomic E-state index is -1.04. The topological polar surface area (TPSA) is 65.0 Å². The number of carboxylic acid groups (broad SMARTS) is 1. The predicted octanol–water partition coefficient (Wildman–Crippen LogP) is 2.83. The van der Waals surface area contributed by atoms with Gasteiger partial charge in [-0.25, -0.2) is 4.79 Å². The Hall–Kier alpha value is -1.75. The van der Waals surface area contributed by atoms with Crippen LogP contribution in [0, 0.1) is 5.92 Å².